The van der Waals surface area contributed by atoms with Crippen LogP contribution in [0.3, 0.4) is 0 Å². The van der Waals surface area contributed by atoms with Crippen molar-refractivity contribution in [1.29, 1.82) is 0 Å². The first-order valence-electron chi connectivity index (χ1n) is 4.74. The smallest absolute Gasteiger partial charge is 0.189 e. The maximum atomic E-state index is 11.6. The molecular weight excluding hydrogens is 224 g/mol. The Kier molecular flexibility index (Phi) is 4.53. The number of terminal acetylenes is 1. The average Bonchev–Trinajstić information content (AvgIpc) is 2.25. The monoisotopic (exact) mass is 238 g/mol. The molecule has 3 nitrogen and oxygen atoms in total. The van der Waals surface area contributed by atoms with Gasteiger partial charge in [0.05, 0.1) is 12.0 Å². The minimum Gasteiger partial charge on any atom is -0.481 e. The lowest BCUT2D eigenvalue weighted by Crippen LogP contribution is -2.01. The summed E-state index contributed by atoms with van der Waals surface area (Å²) >= 11 is -1.42. The van der Waals surface area contributed by atoms with Gasteiger partial charge in [-0.05, 0) is 37.1 Å². The zero-order chi connectivity index (χ0) is 12.1. The summed E-state index contributed by atoms with van der Waals surface area (Å²) in [6.45, 7) is 3.95. The fourth-order valence-corrected chi connectivity index (χ4v) is 2.28. The summed E-state index contributed by atoms with van der Waals surface area (Å²) in [5.41, 5.74) is 1.74. The highest BCUT2D eigenvalue weighted by Crippen LogP contribution is 2.24. The molecule has 1 unspecified atom stereocenters. The Labute approximate surface area is 98.4 Å². The maximum absolute atomic E-state index is 11.6. The van der Waals surface area contributed by atoms with Crippen LogP contribution in [-0.2, 0) is 15.3 Å². The molecule has 0 amide bonds. The molecule has 0 aliphatic heterocycles. The van der Waals surface area contributed by atoms with Gasteiger partial charge in [-0.1, -0.05) is 5.92 Å². The van der Waals surface area contributed by atoms with Gasteiger partial charge >= 0.3 is 0 Å². The van der Waals surface area contributed by atoms with E-state index in [4.69, 9.17) is 15.3 Å². The third-order valence-electron chi connectivity index (χ3n) is 2.07. The van der Waals surface area contributed by atoms with Crippen LogP contribution in [-0.4, -0.2) is 17.9 Å². The van der Waals surface area contributed by atoms with Gasteiger partial charge in [-0.2, -0.15) is 0 Å². The highest BCUT2D eigenvalue weighted by atomic mass is 32.2. The molecule has 0 aliphatic rings. The molecule has 0 bridgehead atoms. The van der Waals surface area contributed by atoms with Crippen molar-refractivity contribution >= 4 is 11.1 Å². The van der Waals surface area contributed by atoms with Gasteiger partial charge in [-0.15, -0.1) is 6.42 Å². The van der Waals surface area contributed by atoms with Gasteiger partial charge < -0.3 is 4.74 Å². The van der Waals surface area contributed by atoms with Gasteiger partial charge in [-0.3, -0.25) is 4.18 Å². The Hall–Kier alpha value is -1.31. The van der Waals surface area contributed by atoms with E-state index in [2.05, 4.69) is 5.92 Å². The van der Waals surface area contributed by atoms with Crippen molar-refractivity contribution in [3.8, 4) is 18.1 Å². The van der Waals surface area contributed by atoms with Crippen molar-refractivity contribution in [2.75, 3.05) is 13.7 Å². The predicted molar refractivity (Wildman–Crippen MR) is 63.7 cm³/mol. The number of rotatable bonds is 4. The van der Waals surface area contributed by atoms with Crippen LogP contribution in [0.4, 0.5) is 0 Å². The van der Waals surface area contributed by atoms with Crippen LogP contribution in [0.2, 0.25) is 0 Å². The van der Waals surface area contributed by atoms with E-state index in [0.29, 0.717) is 10.6 Å². The minimum atomic E-state index is -1.42. The minimum absolute atomic E-state index is 0.228. The topological polar surface area (TPSA) is 35.5 Å². The normalized spacial score (nSPS) is 11.9. The van der Waals surface area contributed by atoms with Gasteiger partial charge in [0.2, 0.25) is 0 Å². The second-order valence-corrected chi connectivity index (χ2v) is 4.49. The van der Waals surface area contributed by atoms with Gasteiger partial charge in [0.1, 0.15) is 12.4 Å². The quantitative estimate of drug-likeness (QED) is 0.752. The van der Waals surface area contributed by atoms with Crippen molar-refractivity contribution in [1.82, 2.24) is 0 Å². The summed E-state index contributed by atoms with van der Waals surface area (Å²) in [4.78, 5) is 0.690. The van der Waals surface area contributed by atoms with Crippen LogP contribution >= 0.6 is 0 Å². The Morgan fingerprint density at radius 1 is 1.38 bits per heavy atom. The van der Waals surface area contributed by atoms with E-state index in [9.17, 15) is 4.21 Å². The SMILES string of the molecule is C#CCOc1cc(C)c(S(=O)OC)c(C)c1. The summed E-state index contributed by atoms with van der Waals surface area (Å²) in [6, 6.07) is 3.60. The largest absolute Gasteiger partial charge is 0.481 e. The highest BCUT2D eigenvalue weighted by molar-refractivity contribution is 7.80. The van der Waals surface area contributed by atoms with E-state index >= 15 is 0 Å². The average molecular weight is 238 g/mol. The lowest BCUT2D eigenvalue weighted by molar-refractivity contribution is 0.369. The predicted octanol–water partition coefficient (Wildman–Crippen LogP) is 1.98. The molecule has 0 saturated carbocycles. The van der Waals surface area contributed by atoms with E-state index in [0.717, 1.165) is 11.1 Å². The molecule has 1 aromatic rings. The van der Waals surface area contributed by atoms with Crippen LogP contribution in [0.5, 0.6) is 5.75 Å². The van der Waals surface area contributed by atoms with Crippen molar-refractivity contribution in [2.24, 2.45) is 0 Å². The second-order valence-electron chi connectivity index (χ2n) is 3.28. The Balaban J connectivity index is 3.08. The van der Waals surface area contributed by atoms with Crippen LogP contribution in [0, 0.1) is 26.2 Å². The molecule has 4 heteroatoms. The molecular formula is C12H14O3S. The molecule has 0 aliphatic carbocycles. The van der Waals surface area contributed by atoms with Gasteiger partial charge in [-0.25, -0.2) is 4.21 Å². The first kappa shape index (κ1) is 12.8. The zero-order valence-electron chi connectivity index (χ0n) is 9.57. The molecule has 0 aromatic heterocycles. The van der Waals surface area contributed by atoms with Gasteiger partial charge in [0, 0.05) is 0 Å². The fourth-order valence-electron chi connectivity index (χ4n) is 1.47. The molecule has 1 aromatic carbocycles. The summed E-state index contributed by atoms with van der Waals surface area (Å²) < 4.78 is 21.7. The summed E-state index contributed by atoms with van der Waals surface area (Å²) in [5.74, 6) is 3.08. The lowest BCUT2D eigenvalue weighted by atomic mass is 10.1. The number of ether oxygens (including phenoxy) is 1. The molecule has 0 radical (unpaired) electrons. The van der Waals surface area contributed by atoms with Crippen LogP contribution in [0.25, 0.3) is 0 Å². The molecule has 0 saturated heterocycles. The summed E-state index contributed by atoms with van der Waals surface area (Å²) in [7, 11) is 1.41. The Morgan fingerprint density at radius 3 is 2.38 bits per heavy atom. The third kappa shape index (κ3) is 2.84. The van der Waals surface area contributed by atoms with E-state index in [1.165, 1.54) is 7.11 Å². The molecule has 0 fully saturated rings. The van der Waals surface area contributed by atoms with Crippen LogP contribution in [0.1, 0.15) is 11.1 Å². The van der Waals surface area contributed by atoms with E-state index < -0.39 is 11.1 Å². The molecule has 0 N–H and O–H groups in total. The van der Waals surface area contributed by atoms with Crippen LogP contribution in [0.15, 0.2) is 17.0 Å². The van der Waals surface area contributed by atoms with Gasteiger partial charge in [0.15, 0.2) is 11.1 Å². The standard InChI is InChI=1S/C12H14O3S/c1-5-6-15-11-7-9(2)12(10(3)8-11)16(13)14-4/h1,7-8H,6H2,2-4H3. The molecule has 16 heavy (non-hydrogen) atoms. The summed E-state index contributed by atoms with van der Waals surface area (Å²) in [6.07, 6.45) is 5.11. The number of hydrogen-bond acceptors (Lipinski definition) is 3. The van der Waals surface area contributed by atoms with Crippen LogP contribution < -0.4 is 4.74 Å². The summed E-state index contributed by atoms with van der Waals surface area (Å²) in [5, 5.41) is 0. The highest BCUT2D eigenvalue weighted by Gasteiger charge is 2.12. The van der Waals surface area contributed by atoms with E-state index in [1.807, 2.05) is 13.8 Å². The second kappa shape index (κ2) is 5.69. The third-order valence-corrected chi connectivity index (χ3v) is 3.35. The fraction of sp³-hybridized carbons (Fsp3) is 0.333. The van der Waals surface area contributed by atoms with E-state index in [1.54, 1.807) is 12.1 Å². The van der Waals surface area contributed by atoms with Crippen molar-refractivity contribution in [2.45, 2.75) is 18.7 Å². The van der Waals surface area contributed by atoms with Crippen molar-refractivity contribution < 1.29 is 13.1 Å². The van der Waals surface area contributed by atoms with Crippen molar-refractivity contribution in [3.63, 3.8) is 0 Å². The first-order valence-corrected chi connectivity index (χ1v) is 5.81. The zero-order valence-corrected chi connectivity index (χ0v) is 10.4. The Morgan fingerprint density at radius 2 is 1.94 bits per heavy atom. The van der Waals surface area contributed by atoms with E-state index in [-0.39, 0.29) is 6.61 Å². The molecule has 1 atom stereocenters. The molecule has 0 spiro atoms. The maximum Gasteiger partial charge on any atom is 0.189 e. The Bertz CT molecular complexity index is 423. The van der Waals surface area contributed by atoms with Gasteiger partial charge in [0.25, 0.3) is 0 Å². The number of aryl methyl sites for hydroxylation is 2. The molecule has 0 heterocycles. The van der Waals surface area contributed by atoms with Crippen molar-refractivity contribution in [3.05, 3.63) is 23.3 Å². The first-order chi connectivity index (χ1) is 7.60. The number of benzene rings is 1. The molecule has 86 valence electrons. The number of hydrogen-bond donors (Lipinski definition) is 0. The lowest BCUT2D eigenvalue weighted by Gasteiger charge is -2.10. The molecule has 1 rings (SSSR count).